The van der Waals surface area contributed by atoms with Crippen LogP contribution in [-0.4, -0.2) is 32.7 Å². The third-order valence-corrected chi connectivity index (χ3v) is 4.58. The van der Waals surface area contributed by atoms with Crippen LogP contribution in [0.5, 0.6) is 0 Å². The molecule has 0 spiro atoms. The maximum absolute atomic E-state index is 12.1. The van der Waals surface area contributed by atoms with Crippen LogP contribution in [-0.2, 0) is 25.1 Å². The highest BCUT2D eigenvalue weighted by atomic mass is 32.2. The second-order valence-corrected chi connectivity index (χ2v) is 7.50. The van der Waals surface area contributed by atoms with Gasteiger partial charge in [0, 0.05) is 5.69 Å². The van der Waals surface area contributed by atoms with Crippen molar-refractivity contribution in [2.75, 3.05) is 17.7 Å². The molecule has 0 fully saturated rings. The van der Waals surface area contributed by atoms with Crippen LogP contribution < -0.4 is 5.32 Å². The summed E-state index contributed by atoms with van der Waals surface area (Å²) in [5.74, 6) is -2.46. The van der Waals surface area contributed by atoms with Gasteiger partial charge in [0.15, 0.2) is 9.84 Å². The Hall–Kier alpha value is -2.61. The van der Waals surface area contributed by atoms with Crippen LogP contribution in [0.3, 0.4) is 0 Å². The number of benzene rings is 1. The summed E-state index contributed by atoms with van der Waals surface area (Å²) in [4.78, 5) is 23.4. The Morgan fingerprint density at radius 1 is 1.20 bits per heavy atom. The van der Waals surface area contributed by atoms with Crippen molar-refractivity contribution in [2.45, 2.75) is 19.6 Å². The normalized spacial score (nSPS) is 11.1. The van der Waals surface area contributed by atoms with E-state index in [2.05, 4.69) is 5.32 Å². The van der Waals surface area contributed by atoms with E-state index in [1.54, 1.807) is 25.1 Å². The number of hydrogen-bond donors (Lipinski definition) is 1. The standard InChI is InChI=1S/C17H19NO6S/c1-3-23-17(20)15-8-7-14(24-15)10-25(21,22)11-16(19)18-13-6-4-5-12(2)9-13/h4-9H,3,10-11H2,1-2H3,(H,18,19). The fraction of sp³-hybridized carbons (Fsp3) is 0.294. The van der Waals surface area contributed by atoms with Gasteiger partial charge in [-0.3, -0.25) is 4.79 Å². The van der Waals surface area contributed by atoms with Crippen molar-refractivity contribution in [1.82, 2.24) is 0 Å². The van der Waals surface area contributed by atoms with Crippen LogP contribution in [0.25, 0.3) is 0 Å². The lowest BCUT2D eigenvalue weighted by Crippen LogP contribution is -2.23. The summed E-state index contributed by atoms with van der Waals surface area (Å²) in [6, 6.07) is 9.76. The third kappa shape index (κ3) is 5.75. The fourth-order valence-corrected chi connectivity index (χ4v) is 3.32. The molecule has 1 aromatic heterocycles. The molecule has 1 heterocycles. The molecule has 0 aliphatic carbocycles. The highest BCUT2D eigenvalue weighted by molar-refractivity contribution is 7.91. The van der Waals surface area contributed by atoms with Gasteiger partial charge in [0.25, 0.3) is 0 Å². The maximum Gasteiger partial charge on any atom is 0.374 e. The molecule has 25 heavy (non-hydrogen) atoms. The number of amides is 1. The van der Waals surface area contributed by atoms with E-state index in [0.29, 0.717) is 5.69 Å². The van der Waals surface area contributed by atoms with Gasteiger partial charge in [-0.15, -0.1) is 0 Å². The molecule has 134 valence electrons. The van der Waals surface area contributed by atoms with Gasteiger partial charge in [0.2, 0.25) is 11.7 Å². The molecular weight excluding hydrogens is 346 g/mol. The molecule has 2 aromatic rings. The lowest BCUT2D eigenvalue weighted by molar-refractivity contribution is -0.113. The number of carbonyl (C=O) groups excluding carboxylic acids is 2. The second-order valence-electron chi connectivity index (χ2n) is 5.44. The van der Waals surface area contributed by atoms with E-state index < -0.39 is 33.2 Å². The molecule has 2 rings (SSSR count). The molecule has 0 saturated carbocycles. The number of rotatable bonds is 7. The second kappa shape index (κ2) is 7.98. The molecule has 0 unspecified atom stereocenters. The molecule has 0 saturated heterocycles. The molecule has 0 atom stereocenters. The first-order valence-corrected chi connectivity index (χ1v) is 9.44. The average molecular weight is 365 g/mol. The number of sulfone groups is 1. The van der Waals surface area contributed by atoms with Gasteiger partial charge in [0.05, 0.1) is 6.61 Å². The maximum atomic E-state index is 12.1. The van der Waals surface area contributed by atoms with Crippen molar-refractivity contribution in [3.8, 4) is 0 Å². The Morgan fingerprint density at radius 2 is 1.96 bits per heavy atom. The number of aryl methyl sites for hydroxylation is 1. The van der Waals surface area contributed by atoms with Gasteiger partial charge in [-0.05, 0) is 43.7 Å². The van der Waals surface area contributed by atoms with Crippen molar-refractivity contribution < 1.29 is 27.2 Å². The Morgan fingerprint density at radius 3 is 2.64 bits per heavy atom. The molecule has 7 nitrogen and oxygen atoms in total. The number of hydrogen-bond acceptors (Lipinski definition) is 6. The molecule has 0 aliphatic heterocycles. The number of esters is 1. The van der Waals surface area contributed by atoms with Crippen LogP contribution >= 0.6 is 0 Å². The summed E-state index contributed by atoms with van der Waals surface area (Å²) in [6.45, 7) is 3.70. The minimum atomic E-state index is -3.75. The molecule has 1 N–H and O–H groups in total. The Bertz CT molecular complexity index is 869. The highest BCUT2D eigenvalue weighted by Crippen LogP contribution is 2.14. The predicted molar refractivity (Wildman–Crippen MR) is 92.0 cm³/mol. The van der Waals surface area contributed by atoms with E-state index in [4.69, 9.17) is 9.15 Å². The van der Waals surface area contributed by atoms with E-state index in [1.165, 1.54) is 12.1 Å². The van der Waals surface area contributed by atoms with Crippen LogP contribution in [0.1, 0.15) is 28.8 Å². The first-order chi connectivity index (χ1) is 11.8. The Balaban J connectivity index is 1.97. The lowest BCUT2D eigenvalue weighted by atomic mass is 10.2. The zero-order valence-corrected chi connectivity index (χ0v) is 14.8. The predicted octanol–water partition coefficient (Wildman–Crippen LogP) is 2.32. The largest absolute Gasteiger partial charge is 0.460 e. The van der Waals surface area contributed by atoms with Crippen molar-refractivity contribution in [3.63, 3.8) is 0 Å². The first kappa shape index (κ1) is 18.7. The van der Waals surface area contributed by atoms with E-state index >= 15 is 0 Å². The molecule has 1 amide bonds. The first-order valence-electron chi connectivity index (χ1n) is 7.62. The Labute approximate surface area is 145 Å². The summed E-state index contributed by atoms with van der Waals surface area (Å²) in [6.07, 6.45) is 0. The Kier molecular flexibility index (Phi) is 5.97. The summed E-state index contributed by atoms with van der Waals surface area (Å²) < 4.78 is 34.2. The minimum Gasteiger partial charge on any atom is -0.460 e. The fourth-order valence-electron chi connectivity index (χ4n) is 2.15. The quantitative estimate of drug-likeness (QED) is 0.756. The summed E-state index contributed by atoms with van der Waals surface area (Å²) in [5.41, 5.74) is 1.48. The number of anilines is 1. The zero-order valence-electron chi connectivity index (χ0n) is 13.9. The van der Waals surface area contributed by atoms with Crippen molar-refractivity contribution in [1.29, 1.82) is 0 Å². The van der Waals surface area contributed by atoms with Crippen molar-refractivity contribution >= 4 is 27.4 Å². The van der Waals surface area contributed by atoms with Gasteiger partial charge >= 0.3 is 5.97 Å². The smallest absolute Gasteiger partial charge is 0.374 e. The van der Waals surface area contributed by atoms with Crippen LogP contribution in [0.15, 0.2) is 40.8 Å². The molecule has 1 aromatic carbocycles. The third-order valence-electron chi connectivity index (χ3n) is 3.15. The van der Waals surface area contributed by atoms with Gasteiger partial charge in [-0.25, -0.2) is 13.2 Å². The molecule has 0 aliphatic rings. The topological polar surface area (TPSA) is 103 Å². The average Bonchev–Trinajstić information content (AvgIpc) is 2.94. The van der Waals surface area contributed by atoms with Crippen LogP contribution in [0, 0.1) is 6.92 Å². The van der Waals surface area contributed by atoms with E-state index in [1.807, 2.05) is 13.0 Å². The van der Waals surface area contributed by atoms with Gasteiger partial charge in [0.1, 0.15) is 17.3 Å². The number of carbonyl (C=O) groups is 2. The highest BCUT2D eigenvalue weighted by Gasteiger charge is 2.21. The zero-order chi connectivity index (χ0) is 18.4. The molecule has 0 bridgehead atoms. The van der Waals surface area contributed by atoms with Crippen molar-refractivity contribution in [3.05, 3.63) is 53.5 Å². The van der Waals surface area contributed by atoms with Crippen LogP contribution in [0.2, 0.25) is 0 Å². The number of furan rings is 1. The number of ether oxygens (including phenoxy) is 1. The summed E-state index contributed by atoms with van der Waals surface area (Å²) >= 11 is 0. The van der Waals surface area contributed by atoms with Crippen molar-refractivity contribution in [2.24, 2.45) is 0 Å². The molecular formula is C17H19NO6S. The summed E-state index contributed by atoms with van der Waals surface area (Å²) in [7, 11) is -3.75. The van der Waals surface area contributed by atoms with Gasteiger partial charge in [-0.2, -0.15) is 0 Å². The SMILES string of the molecule is CCOC(=O)c1ccc(CS(=O)(=O)CC(=O)Nc2cccc(C)c2)o1. The van der Waals surface area contributed by atoms with E-state index in [0.717, 1.165) is 5.56 Å². The lowest BCUT2D eigenvalue weighted by Gasteiger charge is -2.06. The van der Waals surface area contributed by atoms with E-state index in [-0.39, 0.29) is 18.1 Å². The number of nitrogens with one attached hydrogen (secondary N) is 1. The minimum absolute atomic E-state index is 0.0729. The molecule has 0 radical (unpaired) electrons. The summed E-state index contributed by atoms with van der Waals surface area (Å²) in [5, 5.41) is 2.54. The molecule has 8 heteroatoms. The van der Waals surface area contributed by atoms with Crippen LogP contribution in [0.4, 0.5) is 5.69 Å². The van der Waals surface area contributed by atoms with Gasteiger partial charge < -0.3 is 14.5 Å². The van der Waals surface area contributed by atoms with E-state index in [9.17, 15) is 18.0 Å². The van der Waals surface area contributed by atoms with Gasteiger partial charge in [-0.1, -0.05) is 12.1 Å². The monoisotopic (exact) mass is 365 g/mol.